The van der Waals surface area contributed by atoms with Crippen LogP contribution < -0.4 is 14.8 Å². The van der Waals surface area contributed by atoms with E-state index in [1.54, 1.807) is 37.4 Å². The number of carbonyl (C=O) groups is 1. The van der Waals surface area contributed by atoms with Crippen LogP contribution in [0.15, 0.2) is 34.9 Å². The van der Waals surface area contributed by atoms with Gasteiger partial charge in [-0.25, -0.2) is 0 Å². The summed E-state index contributed by atoms with van der Waals surface area (Å²) >= 11 is 0. The fourth-order valence-electron chi connectivity index (χ4n) is 2.04. The second-order valence-electron chi connectivity index (χ2n) is 6.51. The van der Waals surface area contributed by atoms with Gasteiger partial charge in [-0.1, -0.05) is 32.9 Å². The summed E-state index contributed by atoms with van der Waals surface area (Å²) in [5.74, 6) is 2.18. The predicted molar refractivity (Wildman–Crippen MR) is 91.5 cm³/mol. The number of hydrogen-bond acceptors (Lipinski definition) is 5. The molecule has 0 aliphatic carbocycles. The van der Waals surface area contributed by atoms with Crippen LogP contribution in [0.5, 0.6) is 11.5 Å². The molecule has 1 amide bonds. The third-order valence-electron chi connectivity index (χ3n) is 3.50. The fraction of sp³-hybridized carbons (Fsp3) is 0.444. The number of benzene rings is 1. The largest absolute Gasteiger partial charge is 0.497 e. The molecule has 1 N–H and O–H groups in total. The molecule has 1 heterocycles. The molecular formula is C18H24N2O4. The molecule has 1 aromatic carbocycles. The Morgan fingerprint density at radius 1 is 1.25 bits per heavy atom. The summed E-state index contributed by atoms with van der Waals surface area (Å²) in [5, 5.41) is 6.62. The van der Waals surface area contributed by atoms with Crippen molar-refractivity contribution in [2.75, 3.05) is 12.4 Å². The average Bonchev–Trinajstić information content (AvgIpc) is 3.01. The Morgan fingerprint density at radius 3 is 2.38 bits per heavy atom. The van der Waals surface area contributed by atoms with E-state index in [2.05, 4.69) is 10.5 Å². The highest BCUT2D eigenvalue weighted by Gasteiger charge is 2.23. The number of rotatable bonds is 6. The van der Waals surface area contributed by atoms with Crippen molar-refractivity contribution in [2.24, 2.45) is 0 Å². The number of amides is 1. The van der Waals surface area contributed by atoms with Crippen molar-refractivity contribution in [2.45, 2.75) is 45.6 Å². The summed E-state index contributed by atoms with van der Waals surface area (Å²) in [6, 6.07) is 8.84. The third-order valence-corrected chi connectivity index (χ3v) is 3.50. The molecule has 0 saturated carbocycles. The molecule has 0 aliphatic heterocycles. The molecule has 0 bridgehead atoms. The van der Waals surface area contributed by atoms with Gasteiger partial charge in [0.25, 0.3) is 5.91 Å². The summed E-state index contributed by atoms with van der Waals surface area (Å²) in [6.07, 6.45) is -0.0878. The smallest absolute Gasteiger partial charge is 0.266 e. The van der Waals surface area contributed by atoms with Gasteiger partial charge in [-0.2, -0.15) is 0 Å². The average molecular weight is 332 g/mol. The summed E-state index contributed by atoms with van der Waals surface area (Å²) in [4.78, 5) is 12.4. The SMILES string of the molecule is CC[C@H](Oc1ccc(OC)cc1)C(=O)Nc1cc(C(C)(C)C)on1. The van der Waals surface area contributed by atoms with E-state index >= 15 is 0 Å². The van der Waals surface area contributed by atoms with Crippen LogP contribution in [0.4, 0.5) is 5.82 Å². The lowest BCUT2D eigenvalue weighted by atomic mass is 9.93. The Labute approximate surface area is 142 Å². The van der Waals surface area contributed by atoms with E-state index in [4.69, 9.17) is 14.0 Å². The zero-order valence-electron chi connectivity index (χ0n) is 14.8. The molecule has 0 aliphatic rings. The maximum atomic E-state index is 12.4. The predicted octanol–water partition coefficient (Wildman–Crippen LogP) is 3.78. The second kappa shape index (κ2) is 7.38. The van der Waals surface area contributed by atoms with E-state index in [9.17, 15) is 4.79 Å². The Kier molecular flexibility index (Phi) is 5.49. The van der Waals surface area contributed by atoms with E-state index in [1.807, 2.05) is 27.7 Å². The number of anilines is 1. The van der Waals surface area contributed by atoms with E-state index in [0.717, 1.165) is 5.75 Å². The molecule has 0 saturated heterocycles. The van der Waals surface area contributed by atoms with Crippen molar-refractivity contribution >= 4 is 11.7 Å². The molecule has 1 aromatic heterocycles. The van der Waals surface area contributed by atoms with Crippen molar-refractivity contribution in [3.05, 3.63) is 36.1 Å². The van der Waals surface area contributed by atoms with Crippen LogP contribution in [0, 0.1) is 0 Å². The zero-order chi connectivity index (χ0) is 17.7. The van der Waals surface area contributed by atoms with Gasteiger partial charge in [-0.05, 0) is 30.7 Å². The van der Waals surface area contributed by atoms with Gasteiger partial charge >= 0.3 is 0 Å². The molecule has 2 aromatic rings. The molecule has 0 unspecified atom stereocenters. The zero-order valence-corrected chi connectivity index (χ0v) is 14.8. The summed E-state index contributed by atoms with van der Waals surface area (Å²) in [5.41, 5.74) is -0.167. The van der Waals surface area contributed by atoms with Crippen molar-refractivity contribution in [3.63, 3.8) is 0 Å². The van der Waals surface area contributed by atoms with Crippen molar-refractivity contribution in [1.82, 2.24) is 5.16 Å². The number of methoxy groups -OCH3 is 1. The van der Waals surface area contributed by atoms with Gasteiger partial charge in [0.15, 0.2) is 11.9 Å². The van der Waals surface area contributed by atoms with Gasteiger partial charge in [-0.15, -0.1) is 0 Å². The second-order valence-corrected chi connectivity index (χ2v) is 6.51. The Morgan fingerprint density at radius 2 is 1.88 bits per heavy atom. The van der Waals surface area contributed by atoms with Crippen LogP contribution in [0.25, 0.3) is 0 Å². The van der Waals surface area contributed by atoms with Crippen LogP contribution in [-0.2, 0) is 10.2 Å². The van der Waals surface area contributed by atoms with Gasteiger partial charge < -0.3 is 19.3 Å². The van der Waals surface area contributed by atoms with E-state index in [1.165, 1.54) is 0 Å². The van der Waals surface area contributed by atoms with E-state index < -0.39 is 6.10 Å². The monoisotopic (exact) mass is 332 g/mol. The van der Waals surface area contributed by atoms with Crippen LogP contribution in [-0.4, -0.2) is 24.3 Å². The number of nitrogens with one attached hydrogen (secondary N) is 1. The van der Waals surface area contributed by atoms with E-state index in [-0.39, 0.29) is 11.3 Å². The number of ether oxygens (including phenoxy) is 2. The van der Waals surface area contributed by atoms with Gasteiger partial charge in [-0.3, -0.25) is 4.79 Å². The molecule has 130 valence electrons. The number of carbonyl (C=O) groups excluding carboxylic acids is 1. The first-order valence-electron chi connectivity index (χ1n) is 7.92. The molecular weight excluding hydrogens is 308 g/mol. The Hall–Kier alpha value is -2.50. The molecule has 6 nitrogen and oxygen atoms in total. The molecule has 0 spiro atoms. The summed E-state index contributed by atoms with van der Waals surface area (Å²) < 4.78 is 16.1. The first kappa shape index (κ1) is 17.8. The first-order valence-corrected chi connectivity index (χ1v) is 7.92. The lowest BCUT2D eigenvalue weighted by molar-refractivity contribution is -0.122. The highest BCUT2D eigenvalue weighted by atomic mass is 16.5. The van der Waals surface area contributed by atoms with Gasteiger partial charge in [0.1, 0.15) is 17.3 Å². The molecule has 0 radical (unpaired) electrons. The minimum absolute atomic E-state index is 0.167. The Bertz CT molecular complexity index is 671. The standard InChI is InChI=1S/C18H24N2O4/c1-6-14(23-13-9-7-12(22-5)8-10-13)17(21)19-16-11-15(24-20-16)18(2,3)4/h7-11,14H,6H2,1-5H3,(H,19,20,21)/t14-/m0/s1. The summed E-state index contributed by atoms with van der Waals surface area (Å²) in [6.45, 7) is 7.93. The van der Waals surface area contributed by atoms with Crippen molar-refractivity contribution in [3.8, 4) is 11.5 Å². The quantitative estimate of drug-likeness (QED) is 0.871. The number of hydrogen-bond donors (Lipinski definition) is 1. The lowest BCUT2D eigenvalue weighted by Gasteiger charge is -2.16. The van der Waals surface area contributed by atoms with Crippen molar-refractivity contribution < 1.29 is 18.8 Å². The Balaban J connectivity index is 2.01. The highest BCUT2D eigenvalue weighted by Crippen LogP contribution is 2.25. The lowest BCUT2D eigenvalue weighted by Crippen LogP contribution is -2.32. The van der Waals surface area contributed by atoms with Crippen LogP contribution in [0.3, 0.4) is 0 Å². The first-order chi connectivity index (χ1) is 11.3. The molecule has 1 atom stereocenters. The van der Waals surface area contributed by atoms with Gasteiger partial charge in [0.05, 0.1) is 7.11 Å². The summed E-state index contributed by atoms with van der Waals surface area (Å²) in [7, 11) is 1.60. The van der Waals surface area contributed by atoms with Gasteiger partial charge in [0, 0.05) is 11.5 Å². The maximum absolute atomic E-state index is 12.4. The number of nitrogens with zero attached hydrogens (tertiary/aromatic N) is 1. The normalized spacial score (nSPS) is 12.5. The fourth-order valence-corrected chi connectivity index (χ4v) is 2.04. The molecule has 0 fully saturated rings. The third kappa shape index (κ3) is 4.50. The molecule has 2 rings (SSSR count). The maximum Gasteiger partial charge on any atom is 0.266 e. The van der Waals surface area contributed by atoms with Crippen LogP contribution >= 0.6 is 0 Å². The minimum atomic E-state index is -0.617. The van der Waals surface area contributed by atoms with Crippen molar-refractivity contribution in [1.29, 1.82) is 0 Å². The highest BCUT2D eigenvalue weighted by molar-refractivity contribution is 5.93. The molecule has 6 heteroatoms. The van der Waals surface area contributed by atoms with E-state index in [0.29, 0.717) is 23.7 Å². The van der Waals surface area contributed by atoms with Crippen LogP contribution in [0.2, 0.25) is 0 Å². The van der Waals surface area contributed by atoms with Crippen LogP contribution in [0.1, 0.15) is 39.9 Å². The molecule has 24 heavy (non-hydrogen) atoms. The number of aromatic nitrogens is 1. The van der Waals surface area contributed by atoms with Gasteiger partial charge in [0.2, 0.25) is 0 Å². The minimum Gasteiger partial charge on any atom is -0.497 e. The topological polar surface area (TPSA) is 73.6 Å².